The van der Waals surface area contributed by atoms with Crippen molar-refractivity contribution in [2.24, 2.45) is 0 Å². The molecule has 0 aliphatic heterocycles. The number of rotatable bonds is 2. The predicted molar refractivity (Wildman–Crippen MR) is 39.7 cm³/mol. The van der Waals surface area contributed by atoms with Gasteiger partial charge in [0.05, 0.1) is 38.2 Å². The Hall–Kier alpha value is -1.22. The first-order valence-electron chi connectivity index (χ1n) is 3.70. The second kappa shape index (κ2) is 17.8. The zero-order valence-corrected chi connectivity index (χ0v) is 7.77. The Morgan fingerprint density at radius 1 is 0.929 bits per heavy atom. The fraction of sp³-hybridized carbons (Fsp3) is 0.667. The Labute approximate surface area is 80.8 Å². The summed E-state index contributed by atoms with van der Waals surface area (Å²) in [5, 5.41) is 33.5. The summed E-state index contributed by atoms with van der Waals surface area (Å²) in [5.41, 5.74) is 6.71. The van der Waals surface area contributed by atoms with Gasteiger partial charge in [0.2, 0.25) is 0 Å². The van der Waals surface area contributed by atoms with Crippen LogP contribution in [-0.4, -0.2) is 48.5 Å². The molecule has 0 aromatic heterocycles. The summed E-state index contributed by atoms with van der Waals surface area (Å²) in [6.07, 6.45) is 0. The Balaban J connectivity index is -0.000000135. The van der Waals surface area contributed by atoms with Crippen LogP contribution in [0, 0.1) is 0 Å². The molecule has 0 unspecified atom stereocenters. The Morgan fingerprint density at radius 2 is 1.07 bits per heavy atom. The van der Waals surface area contributed by atoms with Crippen LogP contribution >= 0.6 is 0 Å². The third kappa shape index (κ3) is 45.1. The molecule has 0 fully saturated rings. The highest BCUT2D eigenvalue weighted by molar-refractivity contribution is 6.25. The second-order valence-electron chi connectivity index (χ2n) is 1.73. The lowest BCUT2D eigenvalue weighted by atomic mass is 10.7. The van der Waals surface area contributed by atoms with E-state index in [9.17, 15) is 0 Å². The maximum Gasteiger partial charge on any atom is 0.0974 e. The molecule has 0 spiro atoms. The summed E-state index contributed by atoms with van der Waals surface area (Å²) in [6.45, 7) is 1.67. The fourth-order valence-electron chi connectivity index (χ4n) is 0. The average molecular weight is 212 g/mol. The monoisotopic (exact) mass is 212 g/mol. The van der Waals surface area contributed by atoms with E-state index in [2.05, 4.69) is 11.5 Å². The maximum atomic E-state index is 8.93. The van der Waals surface area contributed by atoms with Gasteiger partial charge < -0.3 is 41.5 Å². The second-order valence-corrected chi connectivity index (χ2v) is 1.73. The van der Waals surface area contributed by atoms with Crippen molar-refractivity contribution in [2.75, 3.05) is 26.3 Å². The minimum absolute atomic E-state index is 0.208. The molecule has 0 bridgehead atoms. The van der Waals surface area contributed by atoms with E-state index in [4.69, 9.17) is 30.0 Å². The van der Waals surface area contributed by atoms with Gasteiger partial charge in [-0.25, -0.2) is 0 Å². The molecule has 0 saturated carbocycles. The van der Waals surface area contributed by atoms with Crippen molar-refractivity contribution in [1.29, 1.82) is 0 Å². The minimum Gasteiger partial charge on any atom is -0.543 e. The summed E-state index contributed by atoms with van der Waals surface area (Å²) in [4.78, 5) is 17.9. The number of aliphatic hydroxyl groups is 2. The third-order valence-corrected chi connectivity index (χ3v) is 0.483. The van der Waals surface area contributed by atoms with E-state index in [0.717, 1.165) is 0 Å². The van der Waals surface area contributed by atoms with Gasteiger partial charge in [-0.3, -0.25) is 0 Å². The minimum atomic E-state index is -2.19. The van der Waals surface area contributed by atoms with Gasteiger partial charge in [-0.05, 0) is 0 Å². The van der Waals surface area contributed by atoms with Crippen LogP contribution in [0.1, 0.15) is 0 Å². The van der Waals surface area contributed by atoms with E-state index >= 15 is 0 Å². The van der Waals surface area contributed by atoms with E-state index < -0.39 is 11.9 Å². The lowest BCUT2D eigenvalue weighted by molar-refractivity contribution is -0.372. The summed E-state index contributed by atoms with van der Waals surface area (Å²) >= 11 is 0. The molecule has 0 aliphatic carbocycles. The van der Waals surface area contributed by atoms with Crippen LogP contribution in [0.4, 0.5) is 0 Å². The first kappa shape index (κ1) is 18.5. The van der Waals surface area contributed by atoms with Crippen molar-refractivity contribution in [3.05, 3.63) is 0 Å². The molecule has 0 amide bonds. The molecule has 8 nitrogen and oxygen atoms in total. The predicted octanol–water partition coefficient (Wildman–Crippen LogP) is -7.07. The van der Waals surface area contributed by atoms with Gasteiger partial charge >= 0.3 is 0 Å². The number of hydrogen-bond acceptors (Lipinski definition) is 6. The molecule has 0 radical (unpaired) electrons. The van der Waals surface area contributed by atoms with Crippen LogP contribution in [0.2, 0.25) is 0 Å². The van der Waals surface area contributed by atoms with Gasteiger partial charge in [0.25, 0.3) is 0 Å². The normalized spacial score (nSPS) is 7.43. The average Bonchev–Trinajstić information content (AvgIpc) is 2.18. The number of carbonyl (C=O) groups is 2. The SMILES string of the molecule is O=C([O-])C(=O)[O-].[NH3+]CCO.[NH3+]CCO. The van der Waals surface area contributed by atoms with Crippen LogP contribution in [0.15, 0.2) is 0 Å². The maximum absolute atomic E-state index is 8.93. The van der Waals surface area contributed by atoms with Gasteiger partial charge in [0, 0.05) is 0 Å². The van der Waals surface area contributed by atoms with Crippen molar-refractivity contribution in [3.63, 3.8) is 0 Å². The number of aliphatic carboxylic acids is 2. The summed E-state index contributed by atoms with van der Waals surface area (Å²) in [6, 6.07) is 0. The Kier molecular flexibility index (Phi) is 23.5. The summed E-state index contributed by atoms with van der Waals surface area (Å²) in [5.74, 6) is -4.37. The Bertz CT molecular complexity index is 120. The van der Waals surface area contributed by atoms with E-state index in [1.54, 1.807) is 0 Å². The number of hydrogen-bond donors (Lipinski definition) is 4. The van der Waals surface area contributed by atoms with E-state index in [-0.39, 0.29) is 13.2 Å². The lowest BCUT2D eigenvalue weighted by Crippen LogP contribution is -2.51. The van der Waals surface area contributed by atoms with Crippen molar-refractivity contribution in [3.8, 4) is 0 Å². The highest BCUT2D eigenvalue weighted by Gasteiger charge is 1.75. The van der Waals surface area contributed by atoms with Gasteiger partial charge in [0.15, 0.2) is 0 Å². The first-order chi connectivity index (χ1) is 6.47. The largest absolute Gasteiger partial charge is 0.543 e. The smallest absolute Gasteiger partial charge is 0.0974 e. The molecule has 8 heteroatoms. The number of carbonyl (C=O) groups excluding carboxylic acids is 2. The van der Waals surface area contributed by atoms with Crippen LogP contribution < -0.4 is 21.7 Å². The molecular formula is C6H16N2O6. The fourth-order valence-corrected chi connectivity index (χ4v) is 0. The molecule has 0 heterocycles. The van der Waals surface area contributed by atoms with Gasteiger partial charge in [-0.2, -0.15) is 0 Å². The zero-order chi connectivity index (χ0) is 12.0. The van der Waals surface area contributed by atoms with Crippen molar-refractivity contribution in [1.82, 2.24) is 0 Å². The lowest BCUT2D eigenvalue weighted by Gasteiger charge is -1.97. The molecular weight excluding hydrogens is 196 g/mol. The Morgan fingerprint density at radius 3 is 1.07 bits per heavy atom. The van der Waals surface area contributed by atoms with Crippen LogP contribution in [-0.2, 0) is 9.59 Å². The molecule has 0 aromatic carbocycles. The molecule has 0 aromatic rings. The zero-order valence-electron chi connectivity index (χ0n) is 7.77. The van der Waals surface area contributed by atoms with Crippen LogP contribution in [0.25, 0.3) is 0 Å². The molecule has 8 N–H and O–H groups in total. The van der Waals surface area contributed by atoms with E-state index in [1.165, 1.54) is 0 Å². The number of aliphatic hydroxyl groups excluding tert-OH is 2. The molecule has 0 saturated heterocycles. The van der Waals surface area contributed by atoms with Gasteiger partial charge in [0.1, 0.15) is 0 Å². The molecule has 0 atom stereocenters. The van der Waals surface area contributed by atoms with Crippen molar-refractivity contribution >= 4 is 11.9 Å². The number of carboxylic acids is 2. The van der Waals surface area contributed by atoms with Crippen molar-refractivity contribution in [2.45, 2.75) is 0 Å². The van der Waals surface area contributed by atoms with Crippen LogP contribution in [0.3, 0.4) is 0 Å². The number of quaternary nitrogens is 2. The van der Waals surface area contributed by atoms with E-state index in [0.29, 0.717) is 13.1 Å². The highest BCUT2D eigenvalue weighted by Crippen LogP contribution is 1.41. The first-order valence-corrected chi connectivity index (χ1v) is 3.70. The molecule has 86 valence electrons. The summed E-state index contributed by atoms with van der Waals surface area (Å²) in [7, 11) is 0. The molecule has 14 heavy (non-hydrogen) atoms. The van der Waals surface area contributed by atoms with Crippen molar-refractivity contribution < 1.29 is 41.5 Å². The standard InChI is InChI=1S/2C2H7NO.C2H2O4/c2*3-1-2-4;3-1(4)2(5)6/h2*4H,1-3H2;(H,3,4)(H,5,6). The van der Waals surface area contributed by atoms with Crippen LogP contribution in [0.5, 0.6) is 0 Å². The molecule has 0 rings (SSSR count). The topological polar surface area (TPSA) is 176 Å². The van der Waals surface area contributed by atoms with E-state index in [1.807, 2.05) is 0 Å². The number of carboxylic acid groups (broad SMARTS) is 2. The molecule has 0 aliphatic rings. The van der Waals surface area contributed by atoms with Gasteiger partial charge in [-0.15, -0.1) is 0 Å². The summed E-state index contributed by atoms with van der Waals surface area (Å²) < 4.78 is 0. The quantitative estimate of drug-likeness (QED) is 0.330. The third-order valence-electron chi connectivity index (χ3n) is 0.483. The van der Waals surface area contributed by atoms with Gasteiger partial charge in [-0.1, -0.05) is 0 Å². The highest BCUT2D eigenvalue weighted by atomic mass is 16.4.